The number of nitrogens with zero attached hydrogens (tertiary/aromatic N) is 2. The summed E-state index contributed by atoms with van der Waals surface area (Å²) in [6, 6.07) is 2.46. The lowest BCUT2D eigenvalue weighted by Crippen LogP contribution is -2.52. The third kappa shape index (κ3) is 9.84. The quantitative estimate of drug-likeness (QED) is 0.213. The van der Waals surface area contributed by atoms with E-state index in [0.717, 1.165) is 12.1 Å². The summed E-state index contributed by atoms with van der Waals surface area (Å²) in [4.78, 5) is 37.8. The summed E-state index contributed by atoms with van der Waals surface area (Å²) >= 11 is 0. The molecule has 0 unspecified atom stereocenters. The van der Waals surface area contributed by atoms with Crippen LogP contribution in [-0.4, -0.2) is 84.9 Å². The molecule has 0 N–H and O–H groups in total. The number of amides is 1. The minimum atomic E-state index is -5.88. The van der Waals surface area contributed by atoms with E-state index in [0.29, 0.717) is 11.0 Å². The molecule has 0 spiro atoms. The van der Waals surface area contributed by atoms with E-state index in [9.17, 15) is 53.9 Å². The minimum Gasteiger partial charge on any atom is -0.476 e. The van der Waals surface area contributed by atoms with Gasteiger partial charge < -0.3 is 23.8 Å². The van der Waals surface area contributed by atoms with Gasteiger partial charge in [0.15, 0.2) is 5.60 Å². The first kappa shape index (κ1) is 34.8. The molecule has 1 aromatic rings. The number of ether oxygens (including phenoxy) is 4. The van der Waals surface area contributed by atoms with Gasteiger partial charge in [0.25, 0.3) is 6.10 Å². The number of piperazine rings is 1. The lowest BCUT2D eigenvalue weighted by molar-refractivity contribution is -0.308. The Labute approximate surface area is 233 Å². The molecule has 9 nitrogen and oxygen atoms in total. The van der Waals surface area contributed by atoms with E-state index in [1.165, 1.54) is 20.8 Å². The van der Waals surface area contributed by atoms with Crippen molar-refractivity contribution in [3.8, 4) is 5.75 Å². The maximum absolute atomic E-state index is 13.4. The largest absolute Gasteiger partial charge is 0.476 e. The molecule has 0 aromatic heterocycles. The molecule has 0 bridgehead atoms. The molecule has 1 aliphatic heterocycles. The number of hydrogen-bond acceptors (Lipinski definition) is 8. The summed E-state index contributed by atoms with van der Waals surface area (Å²) in [5, 5.41) is 0. The standard InChI is InChI=1S/C24H27F9N2O7/c1-4-17(36)39-13-40-19(37)21(2,3)42-16-11-15(22(25,26)27)6-5-14(16)12-34-7-9-35(10-8-34)20(38)41-18(23(28,29)30)24(31,32)33/h5-6,11,18H,4,7-10,12-13H2,1-3H3. The van der Waals surface area contributed by atoms with E-state index in [4.69, 9.17) is 9.47 Å². The molecule has 0 aliphatic carbocycles. The first-order valence-electron chi connectivity index (χ1n) is 12.2. The van der Waals surface area contributed by atoms with Crippen LogP contribution in [0.2, 0.25) is 0 Å². The fourth-order valence-corrected chi connectivity index (χ4v) is 3.52. The smallest absolute Gasteiger partial charge is 0.434 e. The Balaban J connectivity index is 2.13. The van der Waals surface area contributed by atoms with Crippen molar-refractivity contribution in [3.05, 3.63) is 29.3 Å². The number of carbonyl (C=O) groups excluding carboxylic acids is 3. The Kier molecular flexibility index (Phi) is 11.0. The number of halogens is 9. The van der Waals surface area contributed by atoms with Crippen LogP contribution in [0.25, 0.3) is 0 Å². The summed E-state index contributed by atoms with van der Waals surface area (Å²) in [5.74, 6) is -2.12. The molecule has 1 aliphatic rings. The van der Waals surface area contributed by atoms with Crippen molar-refractivity contribution in [2.24, 2.45) is 0 Å². The Bertz CT molecular complexity index is 1100. The highest BCUT2D eigenvalue weighted by atomic mass is 19.4. The second-order valence-electron chi connectivity index (χ2n) is 9.46. The molecule has 2 rings (SSSR count). The zero-order valence-corrected chi connectivity index (χ0v) is 22.4. The number of carbonyl (C=O) groups is 3. The highest BCUT2D eigenvalue weighted by molar-refractivity contribution is 5.79. The van der Waals surface area contributed by atoms with Crippen LogP contribution in [0, 0.1) is 0 Å². The van der Waals surface area contributed by atoms with Gasteiger partial charge in [0, 0.05) is 44.7 Å². The van der Waals surface area contributed by atoms with Gasteiger partial charge in [-0.25, -0.2) is 9.59 Å². The highest BCUT2D eigenvalue weighted by Gasteiger charge is 2.60. The lowest BCUT2D eigenvalue weighted by atomic mass is 10.1. The monoisotopic (exact) mass is 626 g/mol. The fraction of sp³-hybridized carbons (Fsp3) is 0.625. The van der Waals surface area contributed by atoms with Crippen molar-refractivity contribution in [2.75, 3.05) is 33.0 Å². The second kappa shape index (κ2) is 13.2. The molecule has 0 saturated carbocycles. The average molecular weight is 626 g/mol. The molecular formula is C24H27F9N2O7. The Morgan fingerprint density at radius 2 is 1.45 bits per heavy atom. The zero-order valence-electron chi connectivity index (χ0n) is 22.4. The van der Waals surface area contributed by atoms with Gasteiger partial charge in [0.2, 0.25) is 6.79 Å². The summed E-state index contributed by atoms with van der Waals surface area (Å²) < 4.78 is 135. The zero-order chi connectivity index (χ0) is 32.1. The van der Waals surface area contributed by atoms with Gasteiger partial charge in [-0.3, -0.25) is 9.69 Å². The van der Waals surface area contributed by atoms with Crippen molar-refractivity contribution < 1.29 is 72.8 Å². The maximum Gasteiger partial charge on any atom is 0.434 e. The first-order chi connectivity index (χ1) is 19.1. The van der Waals surface area contributed by atoms with Gasteiger partial charge in [-0.1, -0.05) is 13.0 Å². The summed E-state index contributed by atoms with van der Waals surface area (Å²) in [6.07, 6.45) is -22.7. The second-order valence-corrected chi connectivity index (χ2v) is 9.46. The van der Waals surface area contributed by atoms with E-state index < -0.39 is 60.6 Å². The molecule has 0 radical (unpaired) electrons. The van der Waals surface area contributed by atoms with E-state index in [-0.39, 0.29) is 50.5 Å². The molecule has 1 saturated heterocycles. The molecule has 42 heavy (non-hydrogen) atoms. The summed E-state index contributed by atoms with van der Waals surface area (Å²) in [6.45, 7) is 2.07. The van der Waals surface area contributed by atoms with Crippen molar-refractivity contribution >= 4 is 18.0 Å². The summed E-state index contributed by atoms with van der Waals surface area (Å²) in [5.41, 5.74) is -2.85. The number of hydrogen-bond donors (Lipinski definition) is 0. The van der Waals surface area contributed by atoms with Crippen LogP contribution < -0.4 is 4.74 Å². The Hall–Kier alpha value is -3.44. The average Bonchev–Trinajstić information content (AvgIpc) is 2.86. The van der Waals surface area contributed by atoms with E-state index in [1.807, 2.05) is 0 Å². The van der Waals surface area contributed by atoms with Gasteiger partial charge >= 0.3 is 36.6 Å². The van der Waals surface area contributed by atoms with Crippen LogP contribution in [0.3, 0.4) is 0 Å². The van der Waals surface area contributed by atoms with Gasteiger partial charge in [0.05, 0.1) is 5.56 Å². The van der Waals surface area contributed by atoms with Crippen LogP contribution in [0.5, 0.6) is 5.75 Å². The molecule has 1 heterocycles. The van der Waals surface area contributed by atoms with Gasteiger partial charge in [-0.15, -0.1) is 0 Å². The molecule has 1 fully saturated rings. The van der Waals surface area contributed by atoms with Crippen LogP contribution in [0.4, 0.5) is 44.3 Å². The number of benzene rings is 1. The van der Waals surface area contributed by atoms with Gasteiger partial charge in [0.1, 0.15) is 5.75 Å². The lowest BCUT2D eigenvalue weighted by Gasteiger charge is -2.35. The van der Waals surface area contributed by atoms with E-state index >= 15 is 0 Å². The van der Waals surface area contributed by atoms with E-state index in [2.05, 4.69) is 9.47 Å². The normalized spacial score (nSPS) is 15.4. The fourth-order valence-electron chi connectivity index (χ4n) is 3.52. The third-order valence-corrected chi connectivity index (χ3v) is 5.79. The Morgan fingerprint density at radius 1 is 0.881 bits per heavy atom. The predicted octanol–water partition coefficient (Wildman–Crippen LogP) is 5.06. The number of alkyl halides is 9. The molecule has 1 amide bonds. The van der Waals surface area contributed by atoms with Gasteiger partial charge in [-0.2, -0.15) is 39.5 Å². The molecule has 0 atom stereocenters. The van der Waals surface area contributed by atoms with Crippen LogP contribution >= 0.6 is 0 Å². The molecule has 1 aromatic carbocycles. The van der Waals surface area contributed by atoms with Crippen molar-refractivity contribution in [3.63, 3.8) is 0 Å². The van der Waals surface area contributed by atoms with Crippen LogP contribution in [0.15, 0.2) is 18.2 Å². The van der Waals surface area contributed by atoms with Crippen molar-refractivity contribution in [1.82, 2.24) is 9.80 Å². The molecular weight excluding hydrogens is 599 g/mol. The summed E-state index contributed by atoms with van der Waals surface area (Å²) in [7, 11) is 0. The highest BCUT2D eigenvalue weighted by Crippen LogP contribution is 2.37. The number of esters is 2. The van der Waals surface area contributed by atoms with Crippen molar-refractivity contribution in [2.45, 2.75) is 64.0 Å². The predicted molar refractivity (Wildman–Crippen MR) is 123 cm³/mol. The van der Waals surface area contributed by atoms with E-state index in [1.54, 1.807) is 4.90 Å². The number of rotatable bonds is 9. The van der Waals surface area contributed by atoms with Crippen molar-refractivity contribution in [1.29, 1.82) is 0 Å². The molecule has 238 valence electrons. The first-order valence-corrected chi connectivity index (χ1v) is 12.2. The molecule has 18 heteroatoms. The topological polar surface area (TPSA) is 94.6 Å². The maximum atomic E-state index is 13.4. The Morgan fingerprint density at radius 3 is 1.95 bits per heavy atom. The SMILES string of the molecule is CCC(=O)OCOC(=O)C(C)(C)Oc1cc(C(F)(F)F)ccc1CN1CCN(C(=O)OC(C(F)(F)F)C(F)(F)F)CC1. The van der Waals surface area contributed by atoms with Crippen LogP contribution in [-0.2, 0) is 36.5 Å². The third-order valence-electron chi connectivity index (χ3n) is 5.79. The van der Waals surface area contributed by atoms with Crippen LogP contribution in [0.1, 0.15) is 38.3 Å². The van der Waals surface area contributed by atoms with Gasteiger partial charge in [-0.05, 0) is 26.0 Å². The minimum absolute atomic E-state index is 0.00210.